The van der Waals surface area contributed by atoms with E-state index in [1.807, 2.05) is 13.0 Å². The second-order valence-electron chi connectivity index (χ2n) is 4.91. The second kappa shape index (κ2) is 5.77. The Bertz CT molecular complexity index is 904. The highest BCUT2D eigenvalue weighted by molar-refractivity contribution is 7.14. The van der Waals surface area contributed by atoms with Gasteiger partial charge in [0.05, 0.1) is 0 Å². The Labute approximate surface area is 131 Å². The summed E-state index contributed by atoms with van der Waals surface area (Å²) in [4.78, 5) is 25.2. The molecule has 112 valence electrons. The van der Waals surface area contributed by atoms with Crippen LogP contribution in [0.4, 0.5) is 0 Å². The summed E-state index contributed by atoms with van der Waals surface area (Å²) in [6, 6.07) is 9.85. The maximum absolute atomic E-state index is 12.2. The van der Waals surface area contributed by atoms with E-state index in [2.05, 4.69) is 6.92 Å². The SMILES string of the molecule is CCc1sc(C(=O)Oc2ccc3ccc(=O)oc3c2)cc1C. The molecule has 0 aliphatic rings. The highest BCUT2D eigenvalue weighted by Crippen LogP contribution is 2.25. The van der Waals surface area contributed by atoms with Crippen molar-refractivity contribution in [3.05, 3.63) is 62.1 Å². The van der Waals surface area contributed by atoms with Crippen LogP contribution in [-0.4, -0.2) is 5.97 Å². The molecule has 0 aliphatic carbocycles. The number of aryl methyl sites for hydroxylation is 2. The number of rotatable bonds is 3. The molecule has 1 aromatic carbocycles. The van der Waals surface area contributed by atoms with Gasteiger partial charge in [-0.3, -0.25) is 0 Å². The van der Waals surface area contributed by atoms with Crippen LogP contribution in [-0.2, 0) is 6.42 Å². The standard InChI is InChI=1S/C17H14O4S/c1-3-14-10(2)8-15(22-14)17(19)20-12-6-4-11-5-7-16(18)21-13(11)9-12/h4-9H,3H2,1-2H3. The Balaban J connectivity index is 1.88. The minimum Gasteiger partial charge on any atom is -0.423 e. The summed E-state index contributed by atoms with van der Waals surface area (Å²) in [5, 5.41) is 0.777. The molecule has 0 radical (unpaired) electrons. The van der Waals surface area contributed by atoms with Gasteiger partial charge in [-0.2, -0.15) is 0 Å². The number of fused-ring (bicyclic) bond motifs is 1. The zero-order chi connectivity index (χ0) is 15.7. The smallest absolute Gasteiger partial charge is 0.353 e. The summed E-state index contributed by atoms with van der Waals surface area (Å²) >= 11 is 1.44. The molecule has 0 saturated carbocycles. The lowest BCUT2D eigenvalue weighted by Gasteiger charge is -2.03. The topological polar surface area (TPSA) is 56.5 Å². The first kappa shape index (κ1) is 14.5. The van der Waals surface area contributed by atoms with E-state index in [1.54, 1.807) is 24.3 Å². The molecule has 22 heavy (non-hydrogen) atoms. The predicted molar refractivity (Wildman–Crippen MR) is 85.9 cm³/mol. The Kier molecular flexibility index (Phi) is 3.81. The fourth-order valence-corrected chi connectivity index (χ4v) is 3.22. The van der Waals surface area contributed by atoms with Crippen LogP contribution < -0.4 is 10.4 Å². The lowest BCUT2D eigenvalue weighted by Crippen LogP contribution is -2.06. The number of carbonyl (C=O) groups excluding carboxylic acids is 1. The summed E-state index contributed by atoms with van der Waals surface area (Å²) in [5.41, 5.74) is 1.07. The van der Waals surface area contributed by atoms with Gasteiger partial charge in [0.1, 0.15) is 16.2 Å². The van der Waals surface area contributed by atoms with Gasteiger partial charge in [0.15, 0.2) is 0 Å². The number of carbonyl (C=O) groups is 1. The van der Waals surface area contributed by atoms with Crippen molar-refractivity contribution < 1.29 is 13.9 Å². The maximum atomic E-state index is 12.2. The summed E-state index contributed by atoms with van der Waals surface area (Å²) in [6.07, 6.45) is 0.894. The number of hydrogen-bond acceptors (Lipinski definition) is 5. The van der Waals surface area contributed by atoms with Crippen molar-refractivity contribution in [3.63, 3.8) is 0 Å². The lowest BCUT2D eigenvalue weighted by atomic mass is 10.2. The minimum absolute atomic E-state index is 0.357. The third-order valence-corrected chi connectivity index (χ3v) is 4.71. The minimum atomic E-state index is -0.433. The van der Waals surface area contributed by atoms with Gasteiger partial charge in [-0.15, -0.1) is 11.3 Å². The van der Waals surface area contributed by atoms with E-state index in [-0.39, 0.29) is 0 Å². The van der Waals surface area contributed by atoms with Crippen LogP contribution in [0.1, 0.15) is 27.0 Å². The van der Waals surface area contributed by atoms with Gasteiger partial charge in [-0.25, -0.2) is 9.59 Å². The molecule has 5 heteroatoms. The summed E-state index contributed by atoms with van der Waals surface area (Å²) in [5.74, 6) is -0.0404. The number of benzene rings is 1. The van der Waals surface area contributed by atoms with E-state index < -0.39 is 11.6 Å². The average Bonchev–Trinajstić information content (AvgIpc) is 2.88. The van der Waals surface area contributed by atoms with Crippen molar-refractivity contribution in [2.75, 3.05) is 0 Å². The molecule has 2 heterocycles. The van der Waals surface area contributed by atoms with E-state index in [9.17, 15) is 9.59 Å². The van der Waals surface area contributed by atoms with Crippen LogP contribution in [0.15, 0.2) is 45.6 Å². The van der Waals surface area contributed by atoms with E-state index >= 15 is 0 Å². The molecule has 3 rings (SSSR count). The molecule has 0 unspecified atom stereocenters. The third-order valence-electron chi connectivity index (χ3n) is 3.35. The van der Waals surface area contributed by atoms with E-state index in [0.717, 1.165) is 17.4 Å². The summed E-state index contributed by atoms with van der Waals surface area (Å²) in [7, 11) is 0. The van der Waals surface area contributed by atoms with Gasteiger partial charge >= 0.3 is 11.6 Å². The molecule has 0 atom stereocenters. The highest BCUT2D eigenvalue weighted by atomic mass is 32.1. The lowest BCUT2D eigenvalue weighted by molar-refractivity contribution is 0.0740. The van der Waals surface area contributed by atoms with Crippen molar-refractivity contribution in [2.45, 2.75) is 20.3 Å². The van der Waals surface area contributed by atoms with Crippen LogP contribution >= 0.6 is 11.3 Å². The van der Waals surface area contributed by atoms with Crippen LogP contribution in [0.5, 0.6) is 5.75 Å². The first-order valence-electron chi connectivity index (χ1n) is 6.92. The first-order chi connectivity index (χ1) is 10.6. The normalized spacial score (nSPS) is 10.8. The number of esters is 1. The largest absolute Gasteiger partial charge is 0.423 e. The average molecular weight is 314 g/mol. The monoisotopic (exact) mass is 314 g/mol. The molecule has 0 saturated heterocycles. The molecule has 0 bridgehead atoms. The molecule has 0 spiro atoms. The van der Waals surface area contributed by atoms with Crippen LogP contribution in [0.3, 0.4) is 0 Å². The molecule has 0 fully saturated rings. The summed E-state index contributed by atoms with van der Waals surface area (Å²) < 4.78 is 10.5. The first-order valence-corrected chi connectivity index (χ1v) is 7.74. The quantitative estimate of drug-likeness (QED) is 0.417. The van der Waals surface area contributed by atoms with Crippen molar-refractivity contribution in [1.82, 2.24) is 0 Å². The Morgan fingerprint density at radius 2 is 2.00 bits per heavy atom. The zero-order valence-electron chi connectivity index (χ0n) is 12.2. The predicted octanol–water partition coefficient (Wildman–Crippen LogP) is 3.94. The third kappa shape index (κ3) is 2.80. The van der Waals surface area contributed by atoms with Crippen molar-refractivity contribution in [2.24, 2.45) is 0 Å². The van der Waals surface area contributed by atoms with Crippen LogP contribution in [0.25, 0.3) is 11.0 Å². The van der Waals surface area contributed by atoms with Gasteiger partial charge < -0.3 is 9.15 Å². The molecule has 0 N–H and O–H groups in total. The number of hydrogen-bond donors (Lipinski definition) is 0. The molecular weight excluding hydrogens is 300 g/mol. The number of ether oxygens (including phenoxy) is 1. The maximum Gasteiger partial charge on any atom is 0.353 e. The Morgan fingerprint density at radius 1 is 1.23 bits per heavy atom. The van der Waals surface area contributed by atoms with E-state index in [0.29, 0.717) is 16.2 Å². The summed E-state index contributed by atoms with van der Waals surface area (Å²) in [6.45, 7) is 4.04. The van der Waals surface area contributed by atoms with Crippen LogP contribution in [0.2, 0.25) is 0 Å². The second-order valence-corrected chi connectivity index (χ2v) is 6.05. The fraction of sp³-hybridized carbons (Fsp3) is 0.176. The van der Waals surface area contributed by atoms with Gasteiger partial charge in [-0.05, 0) is 43.2 Å². The zero-order valence-corrected chi connectivity index (χ0v) is 13.0. The van der Waals surface area contributed by atoms with E-state index in [1.165, 1.54) is 22.3 Å². The molecule has 2 aromatic heterocycles. The molecular formula is C17H14O4S. The number of thiophene rings is 1. The van der Waals surface area contributed by atoms with E-state index in [4.69, 9.17) is 9.15 Å². The Hall–Kier alpha value is -2.40. The van der Waals surface area contributed by atoms with Gasteiger partial charge in [-0.1, -0.05) is 6.92 Å². The Morgan fingerprint density at radius 3 is 2.73 bits per heavy atom. The van der Waals surface area contributed by atoms with Crippen molar-refractivity contribution >= 4 is 28.3 Å². The highest BCUT2D eigenvalue weighted by Gasteiger charge is 2.14. The fourth-order valence-electron chi connectivity index (χ4n) is 2.23. The van der Waals surface area contributed by atoms with Crippen molar-refractivity contribution in [3.8, 4) is 5.75 Å². The molecule has 0 aliphatic heterocycles. The van der Waals surface area contributed by atoms with Gasteiger partial charge in [0.2, 0.25) is 0 Å². The van der Waals surface area contributed by atoms with Crippen molar-refractivity contribution in [1.29, 1.82) is 0 Å². The molecule has 4 nitrogen and oxygen atoms in total. The van der Waals surface area contributed by atoms with Crippen LogP contribution in [0, 0.1) is 6.92 Å². The van der Waals surface area contributed by atoms with Gasteiger partial charge in [0, 0.05) is 22.4 Å². The molecule has 3 aromatic rings. The molecule has 0 amide bonds. The van der Waals surface area contributed by atoms with Gasteiger partial charge in [0.25, 0.3) is 0 Å².